The lowest BCUT2D eigenvalue weighted by Gasteiger charge is -2.31. The Balaban J connectivity index is 1.39. The summed E-state index contributed by atoms with van der Waals surface area (Å²) in [6.45, 7) is 8.06. The van der Waals surface area contributed by atoms with E-state index in [0.29, 0.717) is 24.5 Å². The van der Waals surface area contributed by atoms with Crippen molar-refractivity contribution >= 4 is 23.0 Å². The molecule has 3 heterocycles. The molecule has 8 nitrogen and oxygen atoms in total. The van der Waals surface area contributed by atoms with Crippen LogP contribution in [0.2, 0.25) is 0 Å². The van der Waals surface area contributed by atoms with Gasteiger partial charge in [-0.15, -0.1) is 11.3 Å². The van der Waals surface area contributed by atoms with Crippen molar-refractivity contribution in [3.05, 3.63) is 64.5 Å². The first-order valence-electron chi connectivity index (χ1n) is 12.9. The Morgan fingerprint density at radius 1 is 1.29 bits per heavy atom. The van der Waals surface area contributed by atoms with Gasteiger partial charge in [0.25, 0.3) is 5.88 Å². The smallest absolute Gasteiger partial charge is 0.254 e. The number of rotatable bonds is 7. The first kappa shape index (κ1) is 26.3. The molecule has 0 spiro atoms. The van der Waals surface area contributed by atoms with E-state index in [2.05, 4.69) is 10.1 Å². The van der Waals surface area contributed by atoms with Gasteiger partial charge >= 0.3 is 0 Å². The second-order valence-electron chi connectivity index (χ2n) is 10.8. The molecule has 2 aromatic heterocycles. The number of aromatic nitrogens is 2. The van der Waals surface area contributed by atoms with E-state index >= 15 is 0 Å². The van der Waals surface area contributed by atoms with Gasteiger partial charge in [0.1, 0.15) is 5.92 Å². The van der Waals surface area contributed by atoms with E-state index in [9.17, 15) is 14.7 Å². The quantitative estimate of drug-likeness (QED) is 0.469. The van der Waals surface area contributed by atoms with E-state index in [1.54, 1.807) is 28.4 Å². The Labute approximate surface area is 226 Å². The van der Waals surface area contributed by atoms with Gasteiger partial charge in [0.05, 0.1) is 40.8 Å². The van der Waals surface area contributed by atoms with E-state index in [4.69, 9.17) is 9.26 Å². The Bertz CT molecular complexity index is 1370. The molecule has 1 aliphatic carbocycles. The zero-order valence-electron chi connectivity index (χ0n) is 22.3. The van der Waals surface area contributed by atoms with Gasteiger partial charge in [0, 0.05) is 12.6 Å². The highest BCUT2D eigenvalue weighted by molar-refractivity contribution is 7.13. The van der Waals surface area contributed by atoms with Crippen LogP contribution in [0.5, 0.6) is 5.88 Å². The third-order valence-electron chi connectivity index (χ3n) is 7.89. The molecule has 0 saturated carbocycles. The molecule has 38 heavy (non-hydrogen) atoms. The molecule has 1 amide bonds. The molecule has 5 rings (SSSR count). The summed E-state index contributed by atoms with van der Waals surface area (Å²) in [5, 5.41) is 14.5. The molecule has 0 radical (unpaired) electrons. The summed E-state index contributed by atoms with van der Waals surface area (Å²) in [7, 11) is 1.50. The number of likely N-dealkylation sites (tertiary alicyclic amines) is 1. The summed E-state index contributed by atoms with van der Waals surface area (Å²) in [5.74, 6) is -0.0304. The van der Waals surface area contributed by atoms with E-state index in [1.165, 1.54) is 7.11 Å². The second-order valence-corrected chi connectivity index (χ2v) is 11.7. The fourth-order valence-corrected chi connectivity index (χ4v) is 6.55. The molecule has 2 aliphatic rings. The minimum Gasteiger partial charge on any atom is -0.479 e. The van der Waals surface area contributed by atoms with Crippen molar-refractivity contribution in [3.63, 3.8) is 0 Å². The van der Waals surface area contributed by atoms with E-state index in [1.807, 2.05) is 57.5 Å². The molecule has 1 fully saturated rings. The largest absolute Gasteiger partial charge is 0.479 e. The maximum absolute atomic E-state index is 13.9. The first-order valence-corrected chi connectivity index (χ1v) is 13.8. The van der Waals surface area contributed by atoms with Crippen LogP contribution in [0.4, 0.5) is 0 Å². The number of benzene rings is 1. The molecule has 3 aromatic rings. The average molecular weight is 536 g/mol. The Hall–Kier alpha value is -3.30. The van der Waals surface area contributed by atoms with Crippen molar-refractivity contribution in [3.8, 4) is 16.3 Å². The van der Waals surface area contributed by atoms with Crippen LogP contribution in [0.3, 0.4) is 0 Å². The molecule has 1 saturated heterocycles. The monoisotopic (exact) mass is 535 g/mol. The van der Waals surface area contributed by atoms with Gasteiger partial charge in [0.2, 0.25) is 5.91 Å². The van der Waals surface area contributed by atoms with Crippen molar-refractivity contribution in [2.75, 3.05) is 13.7 Å². The number of carbonyl (C=O) groups excluding carboxylic acids is 2. The summed E-state index contributed by atoms with van der Waals surface area (Å²) in [6.07, 6.45) is 1.92. The van der Waals surface area contributed by atoms with E-state index in [0.717, 1.165) is 27.3 Å². The number of hydrogen-bond donors (Lipinski definition) is 1. The van der Waals surface area contributed by atoms with Crippen LogP contribution in [0, 0.1) is 12.8 Å². The molecular formula is C29H33N3O5S. The highest BCUT2D eigenvalue weighted by Crippen LogP contribution is 2.43. The fraction of sp³-hybridized carbons (Fsp3) is 0.448. The maximum atomic E-state index is 13.9. The lowest BCUT2D eigenvalue weighted by molar-refractivity contribution is -0.135. The zero-order chi connectivity index (χ0) is 27.2. The van der Waals surface area contributed by atoms with Crippen LogP contribution in [0.25, 0.3) is 10.4 Å². The SMILES string of the molecule is COc1cc([C@H](C(=O)N2C[C@H](O)C[C@@H]2C2=CC(=O)[C@@](C)(c3ccc(-c4scnc4C)cc3)C2)C(C)C)on1. The lowest BCUT2D eigenvalue weighted by atomic mass is 9.77. The number of β-amino-alcohol motifs (C(OH)–C–C–N with tert-alkyl or cyclic N) is 1. The molecular weight excluding hydrogens is 502 g/mol. The molecule has 9 heteroatoms. The Kier molecular flexibility index (Phi) is 7.00. The third kappa shape index (κ3) is 4.58. The van der Waals surface area contributed by atoms with Crippen LogP contribution >= 0.6 is 11.3 Å². The number of amides is 1. The highest BCUT2D eigenvalue weighted by atomic mass is 32.1. The summed E-state index contributed by atoms with van der Waals surface area (Å²) in [6, 6.07) is 9.40. The fourth-order valence-electron chi connectivity index (χ4n) is 5.74. The molecule has 1 N–H and O–H groups in total. The van der Waals surface area contributed by atoms with Crippen LogP contribution in [-0.4, -0.2) is 57.6 Å². The zero-order valence-corrected chi connectivity index (χ0v) is 23.1. The number of aryl methyl sites for hydroxylation is 1. The van der Waals surface area contributed by atoms with E-state index < -0.39 is 17.4 Å². The summed E-state index contributed by atoms with van der Waals surface area (Å²) in [5.41, 5.74) is 4.99. The van der Waals surface area contributed by atoms with Crippen molar-refractivity contribution < 1.29 is 24.0 Å². The van der Waals surface area contributed by atoms with Gasteiger partial charge in [-0.25, -0.2) is 4.98 Å². The number of hydrogen-bond acceptors (Lipinski definition) is 8. The number of ketones is 1. The van der Waals surface area contributed by atoms with Gasteiger partial charge in [-0.2, -0.15) is 0 Å². The van der Waals surface area contributed by atoms with Crippen molar-refractivity contribution in [2.45, 2.75) is 64.0 Å². The standard InChI is InChI=1S/C29H33N3O5S/c1-16(2)26(23-12-25(36-5)31-37-23)28(35)32-14-21(33)11-22(32)19-10-24(34)29(4,13-19)20-8-6-18(7-9-20)27-17(3)30-15-38-27/h6-10,12,15-16,21-22,26,33H,11,13-14H2,1-5H3/t21-,22-,26-,29-/m1/s1. The maximum Gasteiger partial charge on any atom is 0.254 e. The van der Waals surface area contributed by atoms with Crippen LogP contribution < -0.4 is 4.74 Å². The number of ether oxygens (including phenoxy) is 1. The van der Waals surface area contributed by atoms with Crippen LogP contribution in [0.15, 0.2) is 52.0 Å². The molecule has 1 aromatic carbocycles. The average Bonchev–Trinajstić information content (AvgIpc) is 3.67. The van der Waals surface area contributed by atoms with Crippen molar-refractivity contribution in [1.29, 1.82) is 0 Å². The van der Waals surface area contributed by atoms with Crippen molar-refractivity contribution in [1.82, 2.24) is 15.0 Å². The topological polar surface area (TPSA) is 106 Å². The van der Waals surface area contributed by atoms with Gasteiger partial charge in [-0.3, -0.25) is 9.59 Å². The molecule has 200 valence electrons. The number of aliphatic hydroxyl groups excluding tert-OH is 1. The van der Waals surface area contributed by atoms with Crippen LogP contribution in [0.1, 0.15) is 56.5 Å². The highest BCUT2D eigenvalue weighted by Gasteiger charge is 2.47. The molecule has 0 unspecified atom stereocenters. The Morgan fingerprint density at radius 2 is 2.03 bits per heavy atom. The van der Waals surface area contributed by atoms with Crippen molar-refractivity contribution in [2.24, 2.45) is 5.92 Å². The predicted molar refractivity (Wildman–Crippen MR) is 144 cm³/mol. The van der Waals surface area contributed by atoms with Gasteiger partial charge in [-0.1, -0.05) is 38.1 Å². The van der Waals surface area contributed by atoms with Gasteiger partial charge < -0.3 is 19.3 Å². The summed E-state index contributed by atoms with van der Waals surface area (Å²) >= 11 is 1.60. The third-order valence-corrected chi connectivity index (χ3v) is 8.87. The number of methoxy groups -OCH3 is 1. The minimum atomic E-state index is -0.728. The minimum absolute atomic E-state index is 0.0170. The molecule has 0 bridgehead atoms. The Morgan fingerprint density at radius 3 is 2.63 bits per heavy atom. The molecule has 4 atom stereocenters. The summed E-state index contributed by atoms with van der Waals surface area (Å²) in [4.78, 5) is 34.4. The number of nitrogens with zero attached hydrogens (tertiary/aromatic N) is 3. The number of aliphatic hydroxyl groups is 1. The first-order chi connectivity index (χ1) is 18.1. The second kappa shape index (κ2) is 10.1. The van der Waals surface area contributed by atoms with Gasteiger partial charge in [0.15, 0.2) is 11.5 Å². The number of thiazole rings is 1. The van der Waals surface area contributed by atoms with E-state index in [-0.39, 0.29) is 30.2 Å². The van der Waals surface area contributed by atoms with Gasteiger partial charge in [-0.05, 0) is 60.5 Å². The molecule has 1 aliphatic heterocycles. The normalized spacial score (nSPS) is 24.2. The lowest BCUT2D eigenvalue weighted by Crippen LogP contribution is -2.41. The number of carbonyl (C=O) groups is 2. The van der Waals surface area contributed by atoms with Crippen LogP contribution in [-0.2, 0) is 15.0 Å². The summed E-state index contributed by atoms with van der Waals surface area (Å²) < 4.78 is 10.6. The predicted octanol–water partition coefficient (Wildman–Crippen LogP) is 4.67. The number of allylic oxidation sites excluding steroid dienone is 1.